The Hall–Kier alpha value is -5.14. The fourth-order valence-corrected chi connectivity index (χ4v) is 6.05. The van der Waals surface area contributed by atoms with Gasteiger partial charge in [-0.3, -0.25) is 0 Å². The van der Waals surface area contributed by atoms with Gasteiger partial charge in [-0.05, 0) is 70.8 Å². The van der Waals surface area contributed by atoms with E-state index in [4.69, 9.17) is 4.98 Å². The van der Waals surface area contributed by atoms with E-state index in [1.807, 2.05) is 48.5 Å². The first kappa shape index (κ1) is 28.6. The SMILES string of the molecule is O=C([O-])c1ccc(-c2c3ccc([nH]3)c(-c3ccccc3)c3nc(c4ccc([nH]4)c(-c4ccccc4)c4ccc2[nH]4)C=C3)cc1.[Na+]. The standard InChI is InChI=1S/C38H26N4O2.Na/c43-38(44)26-13-11-25(12-14-26)37-33-21-19-31(41-33)35(23-7-3-1-4-8-23)29-17-15-27(39-29)28-16-18-30(40-28)36(24-9-5-2-6-10-24)32-20-22-34(37)42-32;/h1-22,39,41-42H,(H,43,44);/q;+1/p-1. The van der Waals surface area contributed by atoms with Crippen LogP contribution in [0.15, 0.2) is 121 Å². The molecule has 7 heteroatoms. The fourth-order valence-electron chi connectivity index (χ4n) is 6.05. The van der Waals surface area contributed by atoms with Crippen molar-refractivity contribution >= 4 is 51.2 Å². The molecule has 0 radical (unpaired) electrons. The molecular weight excluding hydrogens is 567 g/mol. The van der Waals surface area contributed by atoms with Crippen LogP contribution in [0.5, 0.6) is 0 Å². The second-order valence-electron chi connectivity index (χ2n) is 10.8. The summed E-state index contributed by atoms with van der Waals surface area (Å²) in [5, 5.41) is 11.5. The van der Waals surface area contributed by atoms with Crippen LogP contribution in [0.2, 0.25) is 0 Å². The summed E-state index contributed by atoms with van der Waals surface area (Å²) >= 11 is 0. The number of rotatable bonds is 4. The largest absolute Gasteiger partial charge is 1.00 e. The number of nitrogens with zero attached hydrogens (tertiary/aromatic N) is 1. The van der Waals surface area contributed by atoms with Crippen molar-refractivity contribution in [1.82, 2.24) is 19.9 Å². The Labute approximate surface area is 280 Å². The van der Waals surface area contributed by atoms with Gasteiger partial charge in [-0.25, -0.2) is 4.98 Å². The van der Waals surface area contributed by atoms with Crippen LogP contribution in [-0.4, -0.2) is 25.9 Å². The predicted molar refractivity (Wildman–Crippen MR) is 176 cm³/mol. The van der Waals surface area contributed by atoms with Crippen molar-refractivity contribution in [1.29, 1.82) is 0 Å². The number of carboxylic acids is 1. The molecule has 0 unspecified atom stereocenters. The number of carbonyl (C=O) groups is 1. The molecule has 1 aliphatic rings. The van der Waals surface area contributed by atoms with E-state index in [1.54, 1.807) is 12.1 Å². The van der Waals surface area contributed by atoms with E-state index in [1.165, 1.54) is 0 Å². The third-order valence-electron chi connectivity index (χ3n) is 8.11. The van der Waals surface area contributed by atoms with Crippen LogP contribution in [-0.2, 0) is 0 Å². The van der Waals surface area contributed by atoms with E-state index in [-0.39, 0.29) is 35.1 Å². The predicted octanol–water partition coefficient (Wildman–Crippen LogP) is 5.06. The van der Waals surface area contributed by atoms with E-state index in [0.29, 0.717) is 0 Å². The number of aromatic amines is 3. The number of benzene rings is 3. The Morgan fingerprint density at radius 3 is 1.38 bits per heavy atom. The number of carbonyl (C=O) groups excluding carboxylic acids is 1. The van der Waals surface area contributed by atoms with E-state index in [9.17, 15) is 9.90 Å². The molecule has 1 aliphatic heterocycles. The minimum Gasteiger partial charge on any atom is -0.545 e. The van der Waals surface area contributed by atoms with Crippen LogP contribution in [0.3, 0.4) is 0 Å². The quantitative estimate of drug-likeness (QED) is 0.249. The van der Waals surface area contributed by atoms with Crippen LogP contribution >= 0.6 is 0 Å². The molecule has 4 aromatic heterocycles. The summed E-state index contributed by atoms with van der Waals surface area (Å²) in [7, 11) is 0. The minimum absolute atomic E-state index is 0. The molecule has 8 rings (SSSR count). The summed E-state index contributed by atoms with van der Waals surface area (Å²) < 4.78 is 0. The maximum atomic E-state index is 11.5. The normalized spacial score (nSPS) is 11.5. The third kappa shape index (κ3) is 5.19. The molecule has 210 valence electrons. The van der Waals surface area contributed by atoms with Crippen LogP contribution in [0.25, 0.3) is 78.6 Å². The van der Waals surface area contributed by atoms with Crippen LogP contribution in [0.4, 0.5) is 0 Å². The van der Waals surface area contributed by atoms with Gasteiger partial charge in [0.1, 0.15) is 0 Å². The second kappa shape index (κ2) is 11.7. The van der Waals surface area contributed by atoms with E-state index in [0.717, 1.165) is 77.9 Å². The number of hydrogen-bond donors (Lipinski definition) is 3. The smallest absolute Gasteiger partial charge is 0.545 e. The molecule has 0 amide bonds. The molecule has 0 spiro atoms. The van der Waals surface area contributed by atoms with Gasteiger partial charge < -0.3 is 24.9 Å². The van der Waals surface area contributed by atoms with Crippen molar-refractivity contribution in [3.8, 4) is 33.4 Å². The van der Waals surface area contributed by atoms with Gasteiger partial charge in [0.15, 0.2) is 0 Å². The van der Waals surface area contributed by atoms with Crippen molar-refractivity contribution in [3.05, 3.63) is 138 Å². The summed E-state index contributed by atoms with van der Waals surface area (Å²) in [5.41, 5.74) is 13.3. The van der Waals surface area contributed by atoms with Gasteiger partial charge in [0.25, 0.3) is 0 Å². The molecule has 0 fully saturated rings. The molecule has 0 saturated carbocycles. The van der Waals surface area contributed by atoms with Crippen molar-refractivity contribution in [2.75, 3.05) is 0 Å². The zero-order chi connectivity index (χ0) is 29.6. The second-order valence-corrected chi connectivity index (χ2v) is 10.8. The summed E-state index contributed by atoms with van der Waals surface area (Å²) in [6.45, 7) is 0. The topological polar surface area (TPSA) is 100 Å². The first-order valence-corrected chi connectivity index (χ1v) is 14.4. The van der Waals surface area contributed by atoms with Gasteiger partial charge in [0, 0.05) is 44.3 Å². The van der Waals surface area contributed by atoms with Gasteiger partial charge in [0.2, 0.25) is 0 Å². The monoisotopic (exact) mass is 592 g/mol. The Kier molecular flexibility index (Phi) is 7.47. The molecule has 8 bridgehead atoms. The number of nitrogens with one attached hydrogen (secondary N) is 3. The Balaban J connectivity index is 0.00000325. The Morgan fingerprint density at radius 2 is 0.867 bits per heavy atom. The number of aromatic carboxylic acids is 1. The molecule has 45 heavy (non-hydrogen) atoms. The summed E-state index contributed by atoms with van der Waals surface area (Å²) in [5.74, 6) is -1.20. The number of hydrogen-bond acceptors (Lipinski definition) is 3. The fraction of sp³-hybridized carbons (Fsp3) is 0. The van der Waals surface area contributed by atoms with E-state index < -0.39 is 5.97 Å². The average molecular weight is 593 g/mol. The van der Waals surface area contributed by atoms with Gasteiger partial charge in [-0.15, -0.1) is 0 Å². The first-order valence-electron chi connectivity index (χ1n) is 14.4. The maximum absolute atomic E-state index is 11.5. The molecule has 3 aromatic carbocycles. The molecule has 6 nitrogen and oxygen atoms in total. The van der Waals surface area contributed by atoms with Crippen molar-refractivity contribution in [2.24, 2.45) is 0 Å². The van der Waals surface area contributed by atoms with Gasteiger partial charge >= 0.3 is 29.6 Å². The molecule has 0 saturated heterocycles. The summed E-state index contributed by atoms with van der Waals surface area (Å²) in [4.78, 5) is 27.6. The van der Waals surface area contributed by atoms with Crippen LogP contribution in [0, 0.1) is 0 Å². The molecular formula is C38H25N4NaO2. The van der Waals surface area contributed by atoms with E-state index in [2.05, 4.69) is 87.8 Å². The number of carboxylic acid groups (broad SMARTS) is 1. The van der Waals surface area contributed by atoms with Crippen molar-refractivity contribution < 1.29 is 39.5 Å². The third-order valence-corrected chi connectivity index (χ3v) is 8.11. The molecule has 3 N–H and O–H groups in total. The Morgan fingerprint density at radius 1 is 0.467 bits per heavy atom. The van der Waals surface area contributed by atoms with Crippen molar-refractivity contribution in [3.63, 3.8) is 0 Å². The molecule has 0 atom stereocenters. The zero-order valence-corrected chi connectivity index (χ0v) is 26.5. The first-order chi connectivity index (χ1) is 21.6. The van der Waals surface area contributed by atoms with Gasteiger partial charge in [-0.2, -0.15) is 0 Å². The van der Waals surface area contributed by atoms with E-state index >= 15 is 0 Å². The molecule has 7 aromatic rings. The molecule has 5 heterocycles. The van der Waals surface area contributed by atoms with Crippen LogP contribution in [0.1, 0.15) is 21.7 Å². The number of fused-ring (bicyclic) bond motifs is 9. The number of H-pyrrole nitrogens is 3. The van der Waals surface area contributed by atoms with Crippen molar-refractivity contribution in [2.45, 2.75) is 0 Å². The summed E-state index contributed by atoms with van der Waals surface area (Å²) in [6.07, 6.45) is 4.11. The van der Waals surface area contributed by atoms with Gasteiger partial charge in [0.05, 0.1) is 22.9 Å². The average Bonchev–Trinajstić information content (AvgIpc) is 3.88. The minimum atomic E-state index is -1.20. The van der Waals surface area contributed by atoms with Crippen LogP contribution < -0.4 is 34.7 Å². The maximum Gasteiger partial charge on any atom is 1.00 e. The number of aromatic nitrogens is 4. The Bertz CT molecular complexity index is 2350. The summed E-state index contributed by atoms with van der Waals surface area (Å²) in [6, 6.07) is 39.8. The molecule has 0 aliphatic carbocycles. The van der Waals surface area contributed by atoms with Gasteiger partial charge in [-0.1, -0.05) is 84.9 Å². The zero-order valence-electron chi connectivity index (χ0n) is 24.5.